The van der Waals surface area contributed by atoms with Gasteiger partial charge in [0, 0.05) is 5.69 Å². The number of aryl methyl sites for hydroxylation is 1. The SMILES string of the molecule is Cc1cccc(NC(=O)/C(C#N)=C/c2ccc(OCc3ccc(Cl)c(Cl)c3)c(Br)c2)c1C. The third-order valence-corrected chi connectivity index (χ3v) is 6.22. The molecule has 3 aromatic carbocycles. The van der Waals surface area contributed by atoms with E-state index in [1.54, 1.807) is 30.3 Å². The maximum absolute atomic E-state index is 12.6. The van der Waals surface area contributed by atoms with Gasteiger partial charge in [0.05, 0.1) is 14.5 Å². The molecule has 3 aromatic rings. The van der Waals surface area contributed by atoms with E-state index in [1.807, 2.05) is 44.2 Å². The summed E-state index contributed by atoms with van der Waals surface area (Å²) in [6, 6.07) is 18.3. The minimum absolute atomic E-state index is 0.00211. The second-order valence-corrected chi connectivity index (χ2v) is 8.77. The summed E-state index contributed by atoms with van der Waals surface area (Å²) in [5.41, 5.74) is 4.28. The summed E-state index contributed by atoms with van der Waals surface area (Å²) < 4.78 is 6.53. The molecule has 162 valence electrons. The van der Waals surface area contributed by atoms with Gasteiger partial charge in [-0.15, -0.1) is 0 Å². The fraction of sp³-hybridized carbons (Fsp3) is 0.120. The fourth-order valence-electron chi connectivity index (χ4n) is 2.91. The van der Waals surface area contributed by atoms with Crippen LogP contribution in [0.1, 0.15) is 22.3 Å². The molecule has 0 atom stereocenters. The van der Waals surface area contributed by atoms with Crippen LogP contribution in [0.2, 0.25) is 10.0 Å². The number of amides is 1. The molecule has 3 rings (SSSR count). The van der Waals surface area contributed by atoms with E-state index in [2.05, 4.69) is 21.2 Å². The Bertz CT molecular complexity index is 1250. The van der Waals surface area contributed by atoms with Crippen molar-refractivity contribution in [3.05, 3.63) is 96.9 Å². The number of nitriles is 1. The van der Waals surface area contributed by atoms with Crippen LogP contribution in [0.5, 0.6) is 5.75 Å². The van der Waals surface area contributed by atoms with Crippen molar-refractivity contribution in [2.75, 3.05) is 5.32 Å². The molecule has 0 aliphatic carbocycles. The van der Waals surface area contributed by atoms with E-state index in [9.17, 15) is 10.1 Å². The minimum atomic E-state index is -0.461. The molecule has 0 radical (unpaired) electrons. The summed E-state index contributed by atoms with van der Waals surface area (Å²) in [5.74, 6) is 0.156. The molecule has 0 saturated heterocycles. The van der Waals surface area contributed by atoms with Crippen molar-refractivity contribution < 1.29 is 9.53 Å². The molecular formula is C25H19BrCl2N2O2. The molecule has 0 spiro atoms. The second-order valence-electron chi connectivity index (χ2n) is 7.10. The maximum Gasteiger partial charge on any atom is 0.266 e. The van der Waals surface area contributed by atoms with Gasteiger partial charge in [-0.3, -0.25) is 4.79 Å². The van der Waals surface area contributed by atoms with Crippen LogP contribution >= 0.6 is 39.1 Å². The number of nitrogens with one attached hydrogen (secondary N) is 1. The van der Waals surface area contributed by atoms with Crippen molar-refractivity contribution >= 4 is 56.8 Å². The molecule has 0 aliphatic rings. The van der Waals surface area contributed by atoms with Crippen molar-refractivity contribution in [1.82, 2.24) is 0 Å². The van der Waals surface area contributed by atoms with Crippen LogP contribution < -0.4 is 10.1 Å². The monoisotopic (exact) mass is 528 g/mol. The number of carbonyl (C=O) groups excluding carboxylic acids is 1. The lowest BCUT2D eigenvalue weighted by Gasteiger charge is -2.11. The molecule has 0 unspecified atom stereocenters. The summed E-state index contributed by atoms with van der Waals surface area (Å²) in [6.07, 6.45) is 1.54. The lowest BCUT2D eigenvalue weighted by Crippen LogP contribution is -2.14. The molecule has 0 heterocycles. The molecule has 0 aliphatic heterocycles. The van der Waals surface area contributed by atoms with Crippen LogP contribution in [0.25, 0.3) is 6.08 Å². The number of hydrogen-bond donors (Lipinski definition) is 1. The van der Waals surface area contributed by atoms with Gasteiger partial charge in [-0.2, -0.15) is 5.26 Å². The average molecular weight is 530 g/mol. The number of anilines is 1. The zero-order valence-corrected chi connectivity index (χ0v) is 20.5. The highest BCUT2D eigenvalue weighted by atomic mass is 79.9. The van der Waals surface area contributed by atoms with Gasteiger partial charge in [-0.25, -0.2) is 0 Å². The number of halogens is 3. The first kappa shape index (κ1) is 23.9. The predicted octanol–water partition coefficient (Wildman–Crippen LogP) is 7.50. The standard InChI is InChI=1S/C25H19BrCl2N2O2/c1-15-4-3-5-23(16(15)2)30-25(31)19(13-29)10-17-7-9-24(20(26)11-17)32-14-18-6-8-21(27)22(28)12-18/h3-12H,14H2,1-2H3,(H,30,31)/b19-10+. The normalized spacial score (nSPS) is 11.1. The number of nitrogens with zero attached hydrogens (tertiary/aromatic N) is 1. The van der Waals surface area contributed by atoms with Gasteiger partial charge in [-0.1, -0.05) is 47.5 Å². The van der Waals surface area contributed by atoms with Crippen LogP contribution in [-0.4, -0.2) is 5.91 Å². The Morgan fingerprint density at radius 3 is 2.59 bits per heavy atom. The molecule has 0 aromatic heterocycles. The summed E-state index contributed by atoms with van der Waals surface area (Å²) in [6.45, 7) is 4.20. The Kier molecular flexibility index (Phi) is 7.98. The van der Waals surface area contributed by atoms with E-state index >= 15 is 0 Å². The zero-order chi connectivity index (χ0) is 23.3. The van der Waals surface area contributed by atoms with E-state index in [4.69, 9.17) is 27.9 Å². The van der Waals surface area contributed by atoms with Crippen molar-refractivity contribution in [2.45, 2.75) is 20.5 Å². The van der Waals surface area contributed by atoms with E-state index in [1.165, 1.54) is 6.08 Å². The fourth-order valence-corrected chi connectivity index (χ4v) is 3.74. The minimum Gasteiger partial charge on any atom is -0.488 e. The van der Waals surface area contributed by atoms with E-state index in [0.717, 1.165) is 16.7 Å². The highest BCUT2D eigenvalue weighted by molar-refractivity contribution is 9.10. The summed E-state index contributed by atoms with van der Waals surface area (Å²) >= 11 is 15.5. The quantitative estimate of drug-likeness (QED) is 0.265. The van der Waals surface area contributed by atoms with Gasteiger partial charge < -0.3 is 10.1 Å². The number of ether oxygens (including phenoxy) is 1. The first-order valence-corrected chi connectivity index (χ1v) is 11.2. The molecule has 4 nitrogen and oxygen atoms in total. The highest BCUT2D eigenvalue weighted by Gasteiger charge is 2.12. The lowest BCUT2D eigenvalue weighted by atomic mass is 10.1. The van der Waals surface area contributed by atoms with Crippen molar-refractivity contribution in [3.8, 4) is 11.8 Å². The van der Waals surface area contributed by atoms with E-state index in [-0.39, 0.29) is 5.57 Å². The molecule has 32 heavy (non-hydrogen) atoms. The zero-order valence-electron chi connectivity index (χ0n) is 17.4. The first-order chi connectivity index (χ1) is 15.3. The summed E-state index contributed by atoms with van der Waals surface area (Å²) in [4.78, 5) is 12.6. The Morgan fingerprint density at radius 1 is 1.12 bits per heavy atom. The highest BCUT2D eigenvalue weighted by Crippen LogP contribution is 2.29. The Hall–Kier alpha value is -2.78. The number of hydrogen-bond acceptors (Lipinski definition) is 3. The van der Waals surface area contributed by atoms with Gasteiger partial charge in [0.25, 0.3) is 5.91 Å². The molecule has 0 fully saturated rings. The Balaban J connectivity index is 1.73. The molecule has 1 amide bonds. The molecule has 0 bridgehead atoms. The first-order valence-electron chi connectivity index (χ1n) is 9.64. The average Bonchev–Trinajstić information content (AvgIpc) is 2.76. The summed E-state index contributed by atoms with van der Waals surface area (Å²) in [5, 5.41) is 13.3. The van der Waals surface area contributed by atoms with Crippen molar-refractivity contribution in [3.63, 3.8) is 0 Å². The van der Waals surface area contributed by atoms with Gasteiger partial charge >= 0.3 is 0 Å². The van der Waals surface area contributed by atoms with Crippen molar-refractivity contribution in [2.24, 2.45) is 0 Å². The number of carbonyl (C=O) groups is 1. The second kappa shape index (κ2) is 10.7. The Labute approximate surface area is 205 Å². The van der Waals surface area contributed by atoms with Crippen molar-refractivity contribution in [1.29, 1.82) is 5.26 Å². The third-order valence-electron chi connectivity index (χ3n) is 4.86. The predicted molar refractivity (Wildman–Crippen MR) is 133 cm³/mol. The van der Waals surface area contributed by atoms with Gasteiger partial charge in [-0.05, 0) is 88.4 Å². The van der Waals surface area contributed by atoms with Gasteiger partial charge in [0.15, 0.2) is 0 Å². The van der Waals surface area contributed by atoms with Gasteiger partial charge in [0.1, 0.15) is 24.0 Å². The number of rotatable bonds is 6. The lowest BCUT2D eigenvalue weighted by molar-refractivity contribution is -0.112. The van der Waals surface area contributed by atoms with Crippen LogP contribution in [0.15, 0.2) is 64.6 Å². The topological polar surface area (TPSA) is 62.1 Å². The molecule has 1 N–H and O–H groups in total. The van der Waals surface area contributed by atoms with Crippen LogP contribution in [-0.2, 0) is 11.4 Å². The van der Waals surface area contributed by atoms with E-state index in [0.29, 0.717) is 38.1 Å². The molecular weight excluding hydrogens is 511 g/mol. The Morgan fingerprint density at radius 2 is 1.91 bits per heavy atom. The van der Waals surface area contributed by atoms with Gasteiger partial charge in [0.2, 0.25) is 0 Å². The third kappa shape index (κ3) is 5.92. The van der Waals surface area contributed by atoms with Crippen LogP contribution in [0.3, 0.4) is 0 Å². The van der Waals surface area contributed by atoms with Crippen LogP contribution in [0, 0.1) is 25.2 Å². The largest absolute Gasteiger partial charge is 0.488 e. The maximum atomic E-state index is 12.6. The van der Waals surface area contributed by atoms with E-state index < -0.39 is 5.91 Å². The smallest absolute Gasteiger partial charge is 0.266 e. The molecule has 0 saturated carbocycles. The van der Waals surface area contributed by atoms with Crippen LogP contribution in [0.4, 0.5) is 5.69 Å². The number of benzene rings is 3. The summed E-state index contributed by atoms with van der Waals surface area (Å²) in [7, 11) is 0. The molecule has 7 heteroatoms.